The Labute approximate surface area is 82.9 Å². The van der Waals surface area contributed by atoms with Crippen LogP contribution in [0.25, 0.3) is 10.4 Å². The Morgan fingerprint density at radius 2 is 2.00 bits per heavy atom. The van der Waals surface area contributed by atoms with Crippen LogP contribution in [0.15, 0.2) is 29.6 Å². The average molecular weight is 187 g/mol. The first-order chi connectivity index (χ1) is 6.27. The fourth-order valence-electron chi connectivity index (χ4n) is 1.29. The summed E-state index contributed by atoms with van der Waals surface area (Å²) in [5.74, 6) is 0. The van der Waals surface area contributed by atoms with Crippen LogP contribution in [0.2, 0.25) is 0 Å². The van der Waals surface area contributed by atoms with E-state index in [4.69, 9.17) is 0 Å². The van der Waals surface area contributed by atoms with Gasteiger partial charge in [-0.3, -0.25) is 0 Å². The van der Waals surface area contributed by atoms with Crippen LogP contribution in [-0.4, -0.2) is 0 Å². The highest BCUT2D eigenvalue weighted by atomic mass is 32.1. The van der Waals surface area contributed by atoms with Crippen LogP contribution >= 0.6 is 11.3 Å². The summed E-state index contributed by atoms with van der Waals surface area (Å²) in [5.41, 5.74) is 4.00. The molecule has 0 saturated heterocycles. The number of aryl methyl sites for hydroxylation is 2. The smallest absolute Gasteiger partial charge is 0.0349 e. The molecule has 0 unspecified atom stereocenters. The molecule has 0 amide bonds. The highest BCUT2D eigenvalue weighted by Crippen LogP contribution is 2.25. The molecule has 65 valence electrons. The van der Waals surface area contributed by atoms with E-state index in [1.165, 1.54) is 21.6 Å². The summed E-state index contributed by atoms with van der Waals surface area (Å²) in [4.78, 5) is 1.29. The van der Waals surface area contributed by atoms with Gasteiger partial charge in [0.1, 0.15) is 0 Å². The van der Waals surface area contributed by atoms with Crippen LogP contribution in [0.3, 0.4) is 0 Å². The number of thiophene rings is 1. The van der Waals surface area contributed by atoms with Gasteiger partial charge in [-0.15, -0.1) is 11.3 Å². The second kappa shape index (κ2) is 3.35. The van der Waals surface area contributed by atoms with Crippen molar-refractivity contribution in [2.24, 2.45) is 0 Å². The molecule has 0 saturated carbocycles. The Hall–Kier alpha value is -1.08. The predicted molar refractivity (Wildman–Crippen MR) is 58.1 cm³/mol. The molecule has 1 heteroatoms. The molecule has 0 bridgehead atoms. The maximum absolute atomic E-state index is 3.08. The lowest BCUT2D eigenvalue weighted by Gasteiger charge is -2.02. The minimum Gasteiger partial charge on any atom is -0.143 e. The van der Waals surface area contributed by atoms with Crippen LogP contribution in [0.4, 0.5) is 0 Å². The lowest BCUT2D eigenvalue weighted by atomic mass is 10.1. The first-order valence-electron chi connectivity index (χ1n) is 4.29. The van der Waals surface area contributed by atoms with Crippen molar-refractivity contribution in [1.29, 1.82) is 0 Å². The fraction of sp³-hybridized carbons (Fsp3) is 0.167. The number of hydrogen-bond donors (Lipinski definition) is 0. The first kappa shape index (κ1) is 8.52. The Morgan fingerprint density at radius 3 is 2.62 bits per heavy atom. The maximum Gasteiger partial charge on any atom is 0.0349 e. The molecule has 0 spiro atoms. The Morgan fingerprint density at radius 1 is 1.15 bits per heavy atom. The van der Waals surface area contributed by atoms with Gasteiger partial charge in [-0.25, -0.2) is 0 Å². The van der Waals surface area contributed by atoms with Crippen molar-refractivity contribution in [2.75, 3.05) is 0 Å². The van der Waals surface area contributed by atoms with E-state index >= 15 is 0 Å². The lowest BCUT2D eigenvalue weighted by Crippen LogP contribution is -1.80. The third-order valence-corrected chi connectivity index (χ3v) is 3.12. The predicted octanol–water partition coefficient (Wildman–Crippen LogP) is 3.83. The molecule has 2 aromatic rings. The molecular weight excluding hydrogens is 176 g/mol. The zero-order chi connectivity index (χ0) is 9.26. The molecule has 0 N–H and O–H groups in total. The summed E-state index contributed by atoms with van der Waals surface area (Å²) in [5, 5.41) is 1.99. The van der Waals surface area contributed by atoms with E-state index in [1.54, 1.807) is 11.3 Å². The van der Waals surface area contributed by atoms with E-state index in [-0.39, 0.29) is 0 Å². The fourth-order valence-corrected chi connectivity index (χ4v) is 1.95. The molecular formula is C12H11S. The van der Waals surface area contributed by atoms with Crippen molar-refractivity contribution in [1.82, 2.24) is 0 Å². The van der Waals surface area contributed by atoms with Gasteiger partial charge < -0.3 is 0 Å². The van der Waals surface area contributed by atoms with Gasteiger partial charge in [-0.05, 0) is 48.1 Å². The van der Waals surface area contributed by atoms with Gasteiger partial charge in [0, 0.05) is 4.88 Å². The number of benzene rings is 1. The SMILES string of the molecule is Cc1ccc(-c2c[c]cs2)cc1C. The van der Waals surface area contributed by atoms with Gasteiger partial charge in [0.2, 0.25) is 0 Å². The van der Waals surface area contributed by atoms with Crippen LogP contribution in [0.1, 0.15) is 11.1 Å². The molecule has 1 radical (unpaired) electrons. The molecule has 0 aliphatic carbocycles. The van der Waals surface area contributed by atoms with Crippen molar-refractivity contribution < 1.29 is 0 Å². The van der Waals surface area contributed by atoms with Gasteiger partial charge in [0.15, 0.2) is 0 Å². The molecule has 0 fully saturated rings. The Kier molecular flexibility index (Phi) is 2.19. The quantitative estimate of drug-likeness (QED) is 0.636. The average Bonchev–Trinajstić information content (AvgIpc) is 2.62. The van der Waals surface area contributed by atoms with Gasteiger partial charge in [-0.2, -0.15) is 0 Å². The molecule has 0 aliphatic heterocycles. The van der Waals surface area contributed by atoms with Crippen molar-refractivity contribution in [3.8, 4) is 10.4 Å². The zero-order valence-electron chi connectivity index (χ0n) is 7.79. The standard InChI is InChI=1S/C12H11S/c1-9-5-6-11(8-10(9)2)12-4-3-7-13-12/h4-8H,1-2H3. The second-order valence-electron chi connectivity index (χ2n) is 3.21. The van der Waals surface area contributed by atoms with Gasteiger partial charge in [0.25, 0.3) is 0 Å². The zero-order valence-corrected chi connectivity index (χ0v) is 8.61. The Bertz CT molecular complexity index is 399. The molecule has 0 nitrogen and oxygen atoms in total. The third kappa shape index (κ3) is 1.65. The molecule has 1 heterocycles. The number of hydrogen-bond acceptors (Lipinski definition) is 1. The molecule has 13 heavy (non-hydrogen) atoms. The summed E-state index contributed by atoms with van der Waals surface area (Å²) in [6.45, 7) is 4.29. The summed E-state index contributed by atoms with van der Waals surface area (Å²) >= 11 is 1.74. The molecule has 2 rings (SSSR count). The second-order valence-corrected chi connectivity index (χ2v) is 4.12. The molecule has 1 aromatic carbocycles. The van der Waals surface area contributed by atoms with Crippen LogP contribution in [0.5, 0.6) is 0 Å². The highest BCUT2D eigenvalue weighted by molar-refractivity contribution is 7.13. The normalized spacial score (nSPS) is 10.3. The van der Waals surface area contributed by atoms with Crippen molar-refractivity contribution in [3.05, 3.63) is 46.8 Å². The van der Waals surface area contributed by atoms with Crippen molar-refractivity contribution in [3.63, 3.8) is 0 Å². The highest BCUT2D eigenvalue weighted by Gasteiger charge is 1.99. The molecule has 1 aromatic heterocycles. The number of rotatable bonds is 1. The first-order valence-corrected chi connectivity index (χ1v) is 5.17. The van der Waals surface area contributed by atoms with Crippen LogP contribution in [-0.2, 0) is 0 Å². The summed E-state index contributed by atoms with van der Waals surface area (Å²) < 4.78 is 0. The third-order valence-electron chi connectivity index (χ3n) is 2.26. The van der Waals surface area contributed by atoms with Crippen LogP contribution in [0, 0.1) is 19.9 Å². The lowest BCUT2D eigenvalue weighted by molar-refractivity contribution is 1.34. The van der Waals surface area contributed by atoms with Crippen molar-refractivity contribution in [2.45, 2.75) is 13.8 Å². The topological polar surface area (TPSA) is 0 Å². The summed E-state index contributed by atoms with van der Waals surface area (Å²) in [6, 6.07) is 11.7. The van der Waals surface area contributed by atoms with E-state index in [9.17, 15) is 0 Å². The largest absolute Gasteiger partial charge is 0.143 e. The van der Waals surface area contributed by atoms with Gasteiger partial charge in [0.05, 0.1) is 0 Å². The van der Waals surface area contributed by atoms with E-state index < -0.39 is 0 Å². The van der Waals surface area contributed by atoms with E-state index in [2.05, 4.69) is 38.1 Å². The minimum absolute atomic E-state index is 1.29. The van der Waals surface area contributed by atoms with Gasteiger partial charge >= 0.3 is 0 Å². The van der Waals surface area contributed by atoms with E-state index in [1.807, 2.05) is 11.4 Å². The van der Waals surface area contributed by atoms with Crippen LogP contribution < -0.4 is 0 Å². The Balaban J connectivity index is 2.49. The maximum atomic E-state index is 3.08. The summed E-state index contributed by atoms with van der Waals surface area (Å²) in [7, 11) is 0. The monoisotopic (exact) mass is 187 g/mol. The minimum atomic E-state index is 1.29. The van der Waals surface area contributed by atoms with Gasteiger partial charge in [-0.1, -0.05) is 18.2 Å². The summed E-state index contributed by atoms with van der Waals surface area (Å²) in [6.07, 6.45) is 0. The van der Waals surface area contributed by atoms with E-state index in [0.717, 1.165) is 0 Å². The molecule has 0 aliphatic rings. The molecule has 0 atom stereocenters. The van der Waals surface area contributed by atoms with E-state index in [0.29, 0.717) is 0 Å². The van der Waals surface area contributed by atoms with Crippen molar-refractivity contribution >= 4 is 11.3 Å².